The van der Waals surface area contributed by atoms with Gasteiger partial charge in [0.25, 0.3) is 0 Å². The fourth-order valence-corrected chi connectivity index (χ4v) is 4.90. The predicted molar refractivity (Wildman–Crippen MR) is 98.0 cm³/mol. The summed E-state index contributed by atoms with van der Waals surface area (Å²) in [5.74, 6) is 0.563. The standard InChI is InChI=1S/C19H25BrN2O2/c1-4-16-14(8-7-13-6-5-12(20)10-22-13)17-11(2)24-18(23)15(17)9-19(16,3)21/h5-8,10-11,14-17H,4,9,21H2,1-3H3/b8-7+/t11-,14+,15-,16+,17+,19-/m1/s1. The molecule has 2 heterocycles. The second-order valence-corrected chi connectivity index (χ2v) is 8.30. The van der Waals surface area contributed by atoms with Crippen LogP contribution in [0, 0.1) is 23.7 Å². The molecule has 6 atom stereocenters. The largest absolute Gasteiger partial charge is 0.462 e. The monoisotopic (exact) mass is 392 g/mol. The van der Waals surface area contributed by atoms with Crippen molar-refractivity contribution in [3.05, 3.63) is 34.6 Å². The van der Waals surface area contributed by atoms with Crippen LogP contribution in [0.15, 0.2) is 28.9 Å². The summed E-state index contributed by atoms with van der Waals surface area (Å²) in [5, 5.41) is 0. The molecule has 3 rings (SSSR count). The molecule has 2 aliphatic rings. The summed E-state index contributed by atoms with van der Waals surface area (Å²) in [6.45, 7) is 6.26. The molecule has 24 heavy (non-hydrogen) atoms. The highest BCUT2D eigenvalue weighted by atomic mass is 79.9. The van der Waals surface area contributed by atoms with Crippen LogP contribution in [0.1, 0.15) is 39.3 Å². The fourth-order valence-electron chi connectivity index (χ4n) is 4.66. The fraction of sp³-hybridized carbons (Fsp3) is 0.579. The van der Waals surface area contributed by atoms with E-state index in [0.29, 0.717) is 12.3 Å². The summed E-state index contributed by atoms with van der Waals surface area (Å²) in [6, 6.07) is 3.95. The second-order valence-electron chi connectivity index (χ2n) is 7.39. The smallest absolute Gasteiger partial charge is 0.309 e. The van der Waals surface area contributed by atoms with Crippen LogP contribution in [0.2, 0.25) is 0 Å². The molecular formula is C19H25BrN2O2. The molecule has 0 aromatic carbocycles. The quantitative estimate of drug-likeness (QED) is 0.794. The Kier molecular flexibility index (Phi) is 4.85. The van der Waals surface area contributed by atoms with Crippen LogP contribution in [0.25, 0.3) is 6.08 Å². The Morgan fingerprint density at radius 3 is 2.88 bits per heavy atom. The van der Waals surface area contributed by atoms with Crippen LogP contribution in [0.3, 0.4) is 0 Å². The number of halogens is 1. The number of pyridine rings is 1. The number of cyclic esters (lactones) is 1. The van der Waals surface area contributed by atoms with Gasteiger partial charge in [-0.3, -0.25) is 9.78 Å². The van der Waals surface area contributed by atoms with E-state index in [0.717, 1.165) is 16.6 Å². The van der Waals surface area contributed by atoms with Gasteiger partial charge in [0, 0.05) is 22.1 Å². The Hall–Kier alpha value is -1.20. The molecule has 2 N–H and O–H groups in total. The van der Waals surface area contributed by atoms with Crippen LogP contribution < -0.4 is 5.73 Å². The zero-order valence-corrected chi connectivity index (χ0v) is 16.0. The van der Waals surface area contributed by atoms with E-state index in [9.17, 15) is 4.79 Å². The Morgan fingerprint density at radius 1 is 1.50 bits per heavy atom. The molecular weight excluding hydrogens is 368 g/mol. The van der Waals surface area contributed by atoms with Gasteiger partial charge in [-0.15, -0.1) is 0 Å². The van der Waals surface area contributed by atoms with Crippen molar-refractivity contribution in [1.29, 1.82) is 0 Å². The van der Waals surface area contributed by atoms with Crippen molar-refractivity contribution < 1.29 is 9.53 Å². The number of nitrogens with zero attached hydrogens (tertiary/aromatic N) is 1. The number of carbonyl (C=O) groups is 1. The highest BCUT2D eigenvalue weighted by Gasteiger charge is 2.55. The number of ether oxygens (including phenoxy) is 1. The maximum atomic E-state index is 12.2. The van der Waals surface area contributed by atoms with Crippen molar-refractivity contribution in [3.8, 4) is 0 Å². The van der Waals surface area contributed by atoms with Crippen LogP contribution in [0.4, 0.5) is 0 Å². The van der Waals surface area contributed by atoms with Gasteiger partial charge in [-0.2, -0.15) is 0 Å². The van der Waals surface area contributed by atoms with E-state index in [1.54, 1.807) is 6.20 Å². The van der Waals surface area contributed by atoms with Gasteiger partial charge in [0.2, 0.25) is 0 Å². The molecule has 0 radical (unpaired) electrons. The lowest BCUT2D eigenvalue weighted by Gasteiger charge is -2.47. The minimum absolute atomic E-state index is 0.0554. The van der Waals surface area contributed by atoms with Crippen LogP contribution >= 0.6 is 15.9 Å². The molecule has 0 spiro atoms. The first-order valence-electron chi connectivity index (χ1n) is 8.62. The predicted octanol–water partition coefficient (Wildman–Crippen LogP) is 3.80. The summed E-state index contributed by atoms with van der Waals surface area (Å²) in [7, 11) is 0. The number of nitrogens with two attached hydrogens (primary N) is 1. The van der Waals surface area contributed by atoms with Gasteiger partial charge >= 0.3 is 5.97 Å². The van der Waals surface area contributed by atoms with E-state index in [1.165, 1.54) is 0 Å². The second kappa shape index (κ2) is 6.60. The van der Waals surface area contributed by atoms with Gasteiger partial charge in [-0.05, 0) is 66.2 Å². The lowest BCUT2D eigenvalue weighted by molar-refractivity contribution is -0.144. The lowest BCUT2D eigenvalue weighted by Crippen LogP contribution is -2.56. The summed E-state index contributed by atoms with van der Waals surface area (Å²) in [6.07, 6.45) is 7.68. The number of carbonyl (C=O) groups excluding carboxylic acids is 1. The Balaban J connectivity index is 1.93. The molecule has 0 amide bonds. The zero-order chi connectivity index (χ0) is 17.5. The number of aromatic nitrogens is 1. The van der Waals surface area contributed by atoms with E-state index < -0.39 is 0 Å². The van der Waals surface area contributed by atoms with Gasteiger partial charge < -0.3 is 10.5 Å². The van der Waals surface area contributed by atoms with Crippen LogP contribution in [-0.4, -0.2) is 22.6 Å². The normalized spacial score (nSPS) is 39.0. The molecule has 130 valence electrons. The molecule has 1 aromatic heterocycles. The average molecular weight is 393 g/mol. The zero-order valence-electron chi connectivity index (χ0n) is 14.4. The van der Waals surface area contributed by atoms with Crippen LogP contribution in [-0.2, 0) is 9.53 Å². The summed E-state index contributed by atoms with van der Waals surface area (Å²) in [5.41, 5.74) is 7.16. The van der Waals surface area contributed by atoms with Crippen molar-refractivity contribution in [2.45, 2.75) is 45.3 Å². The summed E-state index contributed by atoms with van der Waals surface area (Å²) < 4.78 is 6.50. The third-order valence-corrected chi connectivity index (χ3v) is 6.18. The Bertz CT molecular complexity index is 641. The number of esters is 1. The van der Waals surface area contributed by atoms with E-state index in [1.807, 2.05) is 25.1 Å². The third-order valence-electron chi connectivity index (χ3n) is 5.71. The van der Waals surface area contributed by atoms with E-state index in [-0.39, 0.29) is 35.4 Å². The molecule has 1 saturated heterocycles. The molecule has 4 nitrogen and oxygen atoms in total. The van der Waals surface area contributed by atoms with Crippen molar-refractivity contribution >= 4 is 28.0 Å². The molecule has 1 aliphatic carbocycles. The highest BCUT2D eigenvalue weighted by Crippen LogP contribution is 2.50. The molecule has 2 fully saturated rings. The lowest BCUT2D eigenvalue weighted by atomic mass is 9.58. The maximum absolute atomic E-state index is 12.2. The Morgan fingerprint density at radius 2 is 2.25 bits per heavy atom. The molecule has 0 bridgehead atoms. The number of allylic oxidation sites excluding steroid dienone is 1. The minimum atomic E-state index is -0.360. The SMILES string of the molecule is CC[C@H]1[C@H](/C=C/c2ccc(Br)cn2)[C@@H]2[C@@H](C)OC(=O)[C@@H]2C[C@@]1(C)N. The molecule has 1 aromatic rings. The number of hydrogen-bond donors (Lipinski definition) is 1. The molecule has 5 heteroatoms. The van der Waals surface area contributed by atoms with Gasteiger partial charge in [-0.25, -0.2) is 0 Å². The van der Waals surface area contributed by atoms with Gasteiger partial charge in [0.1, 0.15) is 6.10 Å². The van der Waals surface area contributed by atoms with Crippen molar-refractivity contribution in [2.75, 3.05) is 0 Å². The van der Waals surface area contributed by atoms with Crippen molar-refractivity contribution in [3.63, 3.8) is 0 Å². The molecule has 1 saturated carbocycles. The number of hydrogen-bond acceptors (Lipinski definition) is 4. The Labute approximate surface area is 152 Å². The van der Waals surface area contributed by atoms with Crippen LogP contribution in [0.5, 0.6) is 0 Å². The maximum Gasteiger partial charge on any atom is 0.309 e. The van der Waals surface area contributed by atoms with Crippen molar-refractivity contribution in [2.24, 2.45) is 29.4 Å². The van der Waals surface area contributed by atoms with Crippen molar-refractivity contribution in [1.82, 2.24) is 4.98 Å². The molecule has 0 unspecified atom stereocenters. The summed E-state index contributed by atoms with van der Waals surface area (Å²) in [4.78, 5) is 16.6. The van der Waals surface area contributed by atoms with E-state index >= 15 is 0 Å². The average Bonchev–Trinajstić information content (AvgIpc) is 2.79. The number of fused-ring (bicyclic) bond motifs is 1. The molecule has 1 aliphatic heterocycles. The van der Waals surface area contributed by atoms with Gasteiger partial charge in [-0.1, -0.05) is 19.4 Å². The summed E-state index contributed by atoms with van der Waals surface area (Å²) >= 11 is 3.40. The van der Waals surface area contributed by atoms with E-state index in [2.05, 4.69) is 40.8 Å². The first-order valence-corrected chi connectivity index (χ1v) is 9.42. The first-order chi connectivity index (χ1) is 11.3. The third kappa shape index (κ3) is 3.16. The minimum Gasteiger partial charge on any atom is -0.462 e. The first kappa shape index (κ1) is 17.6. The number of rotatable bonds is 3. The van der Waals surface area contributed by atoms with Gasteiger partial charge in [0.15, 0.2) is 0 Å². The highest BCUT2D eigenvalue weighted by molar-refractivity contribution is 9.10. The van der Waals surface area contributed by atoms with Gasteiger partial charge in [0.05, 0.1) is 11.6 Å². The van der Waals surface area contributed by atoms with E-state index in [4.69, 9.17) is 10.5 Å². The topological polar surface area (TPSA) is 65.2 Å².